The summed E-state index contributed by atoms with van der Waals surface area (Å²) in [6.07, 6.45) is 9.66. The Balaban J connectivity index is 1.49. The lowest BCUT2D eigenvalue weighted by Crippen LogP contribution is -2.19. The van der Waals surface area contributed by atoms with Crippen molar-refractivity contribution in [3.63, 3.8) is 0 Å². The van der Waals surface area contributed by atoms with Crippen LogP contribution in [0.1, 0.15) is 35.3 Å². The third kappa shape index (κ3) is 3.30. The molecule has 25 heavy (non-hydrogen) atoms. The van der Waals surface area contributed by atoms with E-state index in [4.69, 9.17) is 4.42 Å². The Morgan fingerprint density at radius 2 is 2.08 bits per heavy atom. The van der Waals surface area contributed by atoms with E-state index in [2.05, 4.69) is 15.4 Å². The lowest BCUT2D eigenvalue weighted by molar-refractivity contribution is 0.492. The zero-order chi connectivity index (χ0) is 17.2. The average molecular weight is 338 g/mol. The molecule has 0 fully saturated rings. The van der Waals surface area contributed by atoms with Crippen molar-refractivity contribution in [3.05, 3.63) is 63.5 Å². The number of hydrogen-bond donors (Lipinski definition) is 2. The first-order chi connectivity index (χ1) is 12.2. The summed E-state index contributed by atoms with van der Waals surface area (Å²) in [6.45, 7) is 1.40. The first-order valence-electron chi connectivity index (χ1n) is 8.71. The molecule has 0 spiro atoms. The highest BCUT2D eigenvalue weighted by molar-refractivity contribution is 5.63. The summed E-state index contributed by atoms with van der Waals surface area (Å²) in [7, 11) is 1.91. The molecule has 3 aromatic heterocycles. The lowest BCUT2D eigenvalue weighted by atomic mass is 9.89. The normalized spacial score (nSPS) is 13.8. The van der Waals surface area contributed by atoms with E-state index in [1.54, 1.807) is 10.9 Å². The Bertz CT molecular complexity index is 935. The van der Waals surface area contributed by atoms with Crippen LogP contribution in [0.15, 0.2) is 39.9 Å². The molecule has 1 aliphatic carbocycles. The zero-order valence-electron chi connectivity index (χ0n) is 14.3. The minimum atomic E-state index is 0.0448. The van der Waals surface area contributed by atoms with E-state index in [1.807, 2.05) is 31.6 Å². The molecule has 0 unspecified atom stereocenters. The molecule has 0 aromatic carbocycles. The van der Waals surface area contributed by atoms with Crippen LogP contribution >= 0.6 is 0 Å². The smallest absolute Gasteiger partial charge is 0.251 e. The summed E-state index contributed by atoms with van der Waals surface area (Å²) >= 11 is 0. The van der Waals surface area contributed by atoms with E-state index < -0.39 is 0 Å². The van der Waals surface area contributed by atoms with Gasteiger partial charge in [0.25, 0.3) is 5.56 Å². The molecule has 3 heterocycles. The number of rotatable bonds is 5. The zero-order valence-corrected chi connectivity index (χ0v) is 14.3. The molecule has 0 saturated carbocycles. The van der Waals surface area contributed by atoms with Crippen LogP contribution in [0.5, 0.6) is 0 Å². The minimum Gasteiger partial charge on any atom is -0.460 e. The van der Waals surface area contributed by atoms with E-state index in [1.165, 1.54) is 0 Å². The molecule has 0 atom stereocenters. The van der Waals surface area contributed by atoms with Gasteiger partial charge in [0.2, 0.25) is 0 Å². The number of pyridine rings is 1. The maximum atomic E-state index is 12.0. The van der Waals surface area contributed by atoms with Crippen molar-refractivity contribution >= 4 is 0 Å². The topological polar surface area (TPSA) is 75.8 Å². The second-order valence-corrected chi connectivity index (χ2v) is 6.59. The van der Waals surface area contributed by atoms with Gasteiger partial charge >= 0.3 is 0 Å². The lowest BCUT2D eigenvalue weighted by Gasteiger charge is -2.17. The molecule has 0 radical (unpaired) electrons. The van der Waals surface area contributed by atoms with Crippen LogP contribution < -0.4 is 10.9 Å². The van der Waals surface area contributed by atoms with Crippen LogP contribution in [0.25, 0.3) is 11.3 Å². The van der Waals surface area contributed by atoms with Gasteiger partial charge in [-0.1, -0.05) is 0 Å². The molecule has 2 N–H and O–H groups in total. The molecule has 0 amide bonds. The molecule has 1 aliphatic rings. The van der Waals surface area contributed by atoms with Crippen LogP contribution in [0.2, 0.25) is 0 Å². The van der Waals surface area contributed by atoms with Crippen LogP contribution in [0.3, 0.4) is 0 Å². The van der Waals surface area contributed by atoms with Crippen molar-refractivity contribution in [1.82, 2.24) is 20.1 Å². The summed E-state index contributed by atoms with van der Waals surface area (Å²) in [4.78, 5) is 14.9. The fraction of sp³-hybridized carbons (Fsp3) is 0.368. The number of hydrogen-bond acceptors (Lipinski definition) is 4. The average Bonchev–Trinajstić information content (AvgIpc) is 3.25. The Hall–Kier alpha value is -2.60. The molecular weight excluding hydrogens is 316 g/mol. The molecule has 6 nitrogen and oxygen atoms in total. The summed E-state index contributed by atoms with van der Waals surface area (Å²) in [6, 6.07) is 3.98. The van der Waals surface area contributed by atoms with Crippen LogP contribution in [-0.2, 0) is 33.0 Å². The van der Waals surface area contributed by atoms with E-state index in [0.717, 1.165) is 66.0 Å². The van der Waals surface area contributed by atoms with Gasteiger partial charge in [0, 0.05) is 42.7 Å². The van der Waals surface area contributed by atoms with Crippen LogP contribution in [-0.4, -0.2) is 14.8 Å². The number of aromatic amines is 1. The molecule has 4 rings (SSSR count). The highest BCUT2D eigenvalue weighted by atomic mass is 16.3. The van der Waals surface area contributed by atoms with Crippen molar-refractivity contribution in [2.75, 3.05) is 0 Å². The summed E-state index contributed by atoms with van der Waals surface area (Å²) in [5.74, 6) is 1.71. The van der Waals surface area contributed by atoms with Crippen molar-refractivity contribution in [1.29, 1.82) is 0 Å². The van der Waals surface area contributed by atoms with Gasteiger partial charge < -0.3 is 14.7 Å². The van der Waals surface area contributed by atoms with Crippen molar-refractivity contribution in [2.45, 2.75) is 38.8 Å². The summed E-state index contributed by atoms with van der Waals surface area (Å²) in [5.41, 5.74) is 4.29. The molecule has 0 saturated heterocycles. The highest BCUT2D eigenvalue weighted by Gasteiger charge is 2.19. The highest BCUT2D eigenvalue weighted by Crippen LogP contribution is 2.30. The van der Waals surface area contributed by atoms with Gasteiger partial charge in [-0.25, -0.2) is 0 Å². The maximum absolute atomic E-state index is 12.0. The number of nitrogens with zero attached hydrogens (tertiary/aromatic N) is 2. The predicted molar refractivity (Wildman–Crippen MR) is 95.2 cm³/mol. The number of nitrogens with one attached hydrogen (secondary N) is 2. The SMILES string of the molecule is Cn1cc(CNCc2ccc(-c3c[nH]c(=O)c4c3CCCC4)o2)cn1. The Morgan fingerprint density at radius 1 is 1.24 bits per heavy atom. The Morgan fingerprint density at radius 3 is 2.88 bits per heavy atom. The van der Waals surface area contributed by atoms with E-state index in [0.29, 0.717) is 6.54 Å². The van der Waals surface area contributed by atoms with Gasteiger partial charge in [0.15, 0.2) is 0 Å². The molecule has 130 valence electrons. The molecular formula is C19H22N4O2. The predicted octanol–water partition coefficient (Wildman–Crippen LogP) is 2.54. The fourth-order valence-corrected chi connectivity index (χ4v) is 3.50. The monoisotopic (exact) mass is 338 g/mol. The largest absolute Gasteiger partial charge is 0.460 e. The second kappa shape index (κ2) is 6.72. The van der Waals surface area contributed by atoms with Crippen LogP contribution in [0, 0.1) is 0 Å². The number of furan rings is 1. The van der Waals surface area contributed by atoms with E-state index in [-0.39, 0.29) is 5.56 Å². The molecule has 6 heteroatoms. The summed E-state index contributed by atoms with van der Waals surface area (Å²) in [5, 5.41) is 7.52. The quantitative estimate of drug-likeness (QED) is 0.749. The Kier molecular flexibility index (Phi) is 4.28. The molecule has 0 bridgehead atoms. The number of fused-ring (bicyclic) bond motifs is 1. The second-order valence-electron chi connectivity index (χ2n) is 6.59. The van der Waals surface area contributed by atoms with E-state index in [9.17, 15) is 4.79 Å². The fourth-order valence-electron chi connectivity index (χ4n) is 3.50. The third-order valence-corrected chi connectivity index (χ3v) is 4.73. The first kappa shape index (κ1) is 15.9. The standard InChI is InChI=1S/C19H22N4O2/c1-23-12-13(9-22-23)8-20-10-14-6-7-18(25-14)17-11-21-19(24)16-5-3-2-4-15(16)17/h6-7,9,11-12,20H,2-5,8,10H2,1H3,(H,21,24). The molecule has 0 aliphatic heterocycles. The Labute approximate surface area is 145 Å². The molecule has 3 aromatic rings. The number of H-pyrrole nitrogens is 1. The number of aryl methyl sites for hydroxylation is 1. The first-order valence-corrected chi connectivity index (χ1v) is 8.71. The van der Waals surface area contributed by atoms with E-state index >= 15 is 0 Å². The van der Waals surface area contributed by atoms with Gasteiger partial charge in [-0.05, 0) is 43.4 Å². The van der Waals surface area contributed by atoms with Crippen LogP contribution in [0.4, 0.5) is 0 Å². The summed E-state index contributed by atoms with van der Waals surface area (Å²) < 4.78 is 7.81. The minimum absolute atomic E-state index is 0.0448. The maximum Gasteiger partial charge on any atom is 0.251 e. The van der Waals surface area contributed by atoms with Crippen molar-refractivity contribution in [2.24, 2.45) is 7.05 Å². The third-order valence-electron chi connectivity index (χ3n) is 4.73. The van der Waals surface area contributed by atoms with Crippen molar-refractivity contribution < 1.29 is 4.42 Å². The number of aromatic nitrogens is 3. The van der Waals surface area contributed by atoms with Gasteiger partial charge in [-0.3, -0.25) is 9.48 Å². The van der Waals surface area contributed by atoms with Gasteiger partial charge in [0.1, 0.15) is 11.5 Å². The van der Waals surface area contributed by atoms with Crippen molar-refractivity contribution in [3.8, 4) is 11.3 Å². The van der Waals surface area contributed by atoms with Gasteiger partial charge in [-0.2, -0.15) is 5.10 Å². The van der Waals surface area contributed by atoms with Gasteiger partial charge in [0.05, 0.1) is 12.7 Å². The van der Waals surface area contributed by atoms with Gasteiger partial charge in [-0.15, -0.1) is 0 Å².